The SMILES string of the molecule is CCC(=O)CN1N=C(c2ccc(Cl)cc2)CC1c1cccs1. The first-order chi connectivity index (χ1) is 10.7. The molecule has 1 aliphatic rings. The Kier molecular flexibility index (Phi) is 4.60. The largest absolute Gasteiger partial charge is 0.298 e. The van der Waals surface area contributed by atoms with Gasteiger partial charge in [-0.2, -0.15) is 5.10 Å². The molecule has 1 unspecified atom stereocenters. The van der Waals surface area contributed by atoms with Crippen LogP contribution in [0.15, 0.2) is 46.9 Å². The summed E-state index contributed by atoms with van der Waals surface area (Å²) in [5, 5.41) is 9.42. The molecule has 2 heterocycles. The number of hydrogen-bond acceptors (Lipinski definition) is 4. The molecule has 2 aromatic rings. The zero-order valence-electron chi connectivity index (χ0n) is 12.3. The van der Waals surface area contributed by atoms with E-state index in [1.54, 1.807) is 11.3 Å². The van der Waals surface area contributed by atoms with E-state index < -0.39 is 0 Å². The molecule has 5 heteroatoms. The summed E-state index contributed by atoms with van der Waals surface area (Å²) in [6, 6.07) is 12.0. The molecule has 0 radical (unpaired) electrons. The topological polar surface area (TPSA) is 32.7 Å². The molecular weight excluding hydrogens is 316 g/mol. The van der Waals surface area contributed by atoms with Crippen LogP contribution in [0.1, 0.15) is 36.2 Å². The van der Waals surface area contributed by atoms with E-state index in [1.165, 1.54) is 4.88 Å². The fourth-order valence-corrected chi connectivity index (χ4v) is 3.50. The predicted molar refractivity (Wildman–Crippen MR) is 91.7 cm³/mol. The third-order valence-corrected chi connectivity index (χ3v) is 5.00. The van der Waals surface area contributed by atoms with Gasteiger partial charge >= 0.3 is 0 Å². The number of hydrogen-bond donors (Lipinski definition) is 0. The maximum absolute atomic E-state index is 11.8. The van der Waals surface area contributed by atoms with Crippen molar-refractivity contribution in [2.45, 2.75) is 25.8 Å². The number of Topliss-reactive ketones (excluding diaryl/α,β-unsaturated/α-hetero) is 1. The van der Waals surface area contributed by atoms with Crippen LogP contribution in [0.4, 0.5) is 0 Å². The lowest BCUT2D eigenvalue weighted by atomic mass is 10.0. The first kappa shape index (κ1) is 15.3. The normalized spacial score (nSPS) is 17.6. The minimum atomic E-state index is 0.154. The molecule has 1 aromatic carbocycles. The summed E-state index contributed by atoms with van der Waals surface area (Å²) in [5.41, 5.74) is 2.08. The van der Waals surface area contributed by atoms with E-state index in [9.17, 15) is 4.79 Å². The molecular formula is C17H17ClN2OS. The van der Waals surface area contributed by atoms with Crippen LogP contribution in [-0.4, -0.2) is 23.0 Å². The van der Waals surface area contributed by atoms with Crippen molar-refractivity contribution in [2.75, 3.05) is 6.54 Å². The van der Waals surface area contributed by atoms with Gasteiger partial charge in [-0.25, -0.2) is 0 Å². The minimum Gasteiger partial charge on any atom is -0.298 e. The van der Waals surface area contributed by atoms with Crippen molar-refractivity contribution in [3.63, 3.8) is 0 Å². The highest BCUT2D eigenvalue weighted by Crippen LogP contribution is 2.35. The number of ketones is 1. The summed E-state index contributed by atoms with van der Waals surface area (Å²) in [6.07, 6.45) is 1.36. The van der Waals surface area contributed by atoms with Gasteiger partial charge in [-0.15, -0.1) is 11.3 Å². The van der Waals surface area contributed by atoms with Gasteiger partial charge in [-0.1, -0.05) is 36.7 Å². The molecule has 0 spiro atoms. The molecule has 0 aliphatic carbocycles. The highest BCUT2D eigenvalue weighted by molar-refractivity contribution is 7.10. The van der Waals surface area contributed by atoms with E-state index in [-0.39, 0.29) is 11.8 Å². The van der Waals surface area contributed by atoms with Gasteiger partial charge in [0.25, 0.3) is 0 Å². The van der Waals surface area contributed by atoms with Crippen LogP contribution in [0.2, 0.25) is 5.02 Å². The van der Waals surface area contributed by atoms with Gasteiger partial charge in [0.2, 0.25) is 0 Å². The minimum absolute atomic E-state index is 0.154. The van der Waals surface area contributed by atoms with Crippen LogP contribution in [-0.2, 0) is 4.79 Å². The van der Waals surface area contributed by atoms with Gasteiger partial charge < -0.3 is 0 Å². The molecule has 0 bridgehead atoms. The summed E-state index contributed by atoms with van der Waals surface area (Å²) in [6.45, 7) is 2.26. The third-order valence-electron chi connectivity index (χ3n) is 3.78. The maximum atomic E-state index is 11.8. The van der Waals surface area contributed by atoms with Gasteiger partial charge in [-0.3, -0.25) is 9.80 Å². The molecule has 0 saturated carbocycles. The fraction of sp³-hybridized carbons (Fsp3) is 0.294. The number of hydrazone groups is 1. The van der Waals surface area contributed by atoms with Gasteiger partial charge in [0, 0.05) is 22.7 Å². The van der Waals surface area contributed by atoms with Crippen LogP contribution in [0.25, 0.3) is 0 Å². The third kappa shape index (κ3) is 3.23. The van der Waals surface area contributed by atoms with E-state index in [2.05, 4.69) is 11.4 Å². The number of carbonyl (C=O) groups is 1. The number of benzene rings is 1. The standard InChI is InChI=1S/C17H17ClN2OS/c1-2-14(21)11-20-16(17-4-3-9-22-17)10-15(19-20)12-5-7-13(18)8-6-12/h3-9,16H,2,10-11H2,1H3. The van der Waals surface area contributed by atoms with E-state index >= 15 is 0 Å². The Morgan fingerprint density at radius 1 is 1.36 bits per heavy atom. The molecule has 1 aliphatic heterocycles. The zero-order valence-corrected chi connectivity index (χ0v) is 13.9. The van der Waals surface area contributed by atoms with Crippen LogP contribution in [0, 0.1) is 0 Å². The van der Waals surface area contributed by atoms with E-state index in [0.29, 0.717) is 13.0 Å². The summed E-state index contributed by atoms with van der Waals surface area (Å²) in [7, 11) is 0. The summed E-state index contributed by atoms with van der Waals surface area (Å²) in [5.74, 6) is 0.211. The van der Waals surface area contributed by atoms with Crippen LogP contribution < -0.4 is 0 Å². The summed E-state index contributed by atoms with van der Waals surface area (Å²) < 4.78 is 0. The fourth-order valence-electron chi connectivity index (χ4n) is 2.54. The Balaban J connectivity index is 1.87. The number of rotatable bonds is 5. The molecule has 3 nitrogen and oxygen atoms in total. The first-order valence-corrected chi connectivity index (χ1v) is 8.58. The van der Waals surface area contributed by atoms with Crippen LogP contribution >= 0.6 is 22.9 Å². The van der Waals surface area contributed by atoms with Gasteiger partial charge in [0.05, 0.1) is 18.3 Å². The van der Waals surface area contributed by atoms with Crippen molar-refractivity contribution in [1.82, 2.24) is 5.01 Å². The Morgan fingerprint density at radius 3 is 2.77 bits per heavy atom. The van der Waals surface area contributed by atoms with Crippen molar-refractivity contribution >= 4 is 34.4 Å². The average molecular weight is 333 g/mol. The molecule has 3 rings (SSSR count). The van der Waals surface area contributed by atoms with Crippen molar-refractivity contribution in [3.8, 4) is 0 Å². The quantitative estimate of drug-likeness (QED) is 0.805. The van der Waals surface area contributed by atoms with Gasteiger partial charge in [0.15, 0.2) is 5.78 Å². The summed E-state index contributed by atoms with van der Waals surface area (Å²) >= 11 is 7.66. The molecule has 0 amide bonds. The lowest BCUT2D eigenvalue weighted by Crippen LogP contribution is -2.25. The van der Waals surface area contributed by atoms with E-state index in [1.807, 2.05) is 42.3 Å². The average Bonchev–Trinajstić information content (AvgIpc) is 3.17. The van der Waals surface area contributed by atoms with Crippen molar-refractivity contribution in [3.05, 3.63) is 57.2 Å². The molecule has 1 aromatic heterocycles. The number of halogens is 1. The number of thiophene rings is 1. The second-order valence-electron chi connectivity index (χ2n) is 5.28. The van der Waals surface area contributed by atoms with Crippen molar-refractivity contribution < 1.29 is 4.79 Å². The lowest BCUT2D eigenvalue weighted by Gasteiger charge is -2.21. The molecule has 1 atom stereocenters. The van der Waals surface area contributed by atoms with E-state index in [0.717, 1.165) is 22.7 Å². The second kappa shape index (κ2) is 6.63. The first-order valence-electron chi connectivity index (χ1n) is 7.32. The Bertz CT molecular complexity index is 679. The molecule has 0 fully saturated rings. The van der Waals surface area contributed by atoms with Crippen LogP contribution in [0.5, 0.6) is 0 Å². The van der Waals surface area contributed by atoms with Crippen molar-refractivity contribution in [1.29, 1.82) is 0 Å². The van der Waals surface area contributed by atoms with Crippen LogP contribution in [0.3, 0.4) is 0 Å². The summed E-state index contributed by atoms with van der Waals surface area (Å²) in [4.78, 5) is 13.1. The lowest BCUT2D eigenvalue weighted by molar-refractivity contribution is -0.120. The van der Waals surface area contributed by atoms with Gasteiger partial charge in [-0.05, 0) is 29.1 Å². The van der Waals surface area contributed by atoms with Crippen molar-refractivity contribution in [2.24, 2.45) is 5.10 Å². The van der Waals surface area contributed by atoms with Gasteiger partial charge in [0.1, 0.15) is 0 Å². The Hall–Kier alpha value is -1.65. The number of nitrogens with zero attached hydrogens (tertiary/aromatic N) is 2. The predicted octanol–water partition coefficient (Wildman–Crippen LogP) is 4.53. The molecule has 0 N–H and O–H groups in total. The Morgan fingerprint density at radius 2 is 2.14 bits per heavy atom. The highest BCUT2D eigenvalue weighted by atomic mass is 35.5. The molecule has 114 valence electrons. The second-order valence-corrected chi connectivity index (χ2v) is 6.69. The van der Waals surface area contributed by atoms with E-state index in [4.69, 9.17) is 16.7 Å². The Labute approximate surface area is 139 Å². The molecule has 0 saturated heterocycles. The number of carbonyl (C=O) groups excluding carboxylic acids is 1. The highest BCUT2D eigenvalue weighted by Gasteiger charge is 2.30. The smallest absolute Gasteiger partial charge is 0.153 e. The maximum Gasteiger partial charge on any atom is 0.153 e. The zero-order chi connectivity index (χ0) is 15.5. The monoisotopic (exact) mass is 332 g/mol. The molecule has 22 heavy (non-hydrogen) atoms.